The Labute approximate surface area is 90.9 Å². The third-order valence-electron chi connectivity index (χ3n) is 2.28. The SMILES string of the molecule is CNc1ccccc1CCCNC(C)=O. The molecule has 0 radical (unpaired) electrons. The lowest BCUT2D eigenvalue weighted by molar-refractivity contribution is -0.118. The van der Waals surface area contributed by atoms with E-state index in [1.165, 1.54) is 11.3 Å². The van der Waals surface area contributed by atoms with Gasteiger partial charge in [0.05, 0.1) is 0 Å². The molecule has 3 heteroatoms. The van der Waals surface area contributed by atoms with Gasteiger partial charge in [0.2, 0.25) is 5.91 Å². The summed E-state index contributed by atoms with van der Waals surface area (Å²) in [4.78, 5) is 10.7. The molecule has 0 spiro atoms. The van der Waals surface area contributed by atoms with Gasteiger partial charge in [-0.1, -0.05) is 18.2 Å². The van der Waals surface area contributed by atoms with Crippen molar-refractivity contribution in [3.63, 3.8) is 0 Å². The van der Waals surface area contributed by atoms with Crippen molar-refractivity contribution < 1.29 is 4.79 Å². The first-order valence-electron chi connectivity index (χ1n) is 5.24. The molecular formula is C12H18N2O. The van der Waals surface area contributed by atoms with E-state index in [0.29, 0.717) is 0 Å². The zero-order chi connectivity index (χ0) is 11.1. The van der Waals surface area contributed by atoms with E-state index in [4.69, 9.17) is 0 Å². The predicted octanol–water partition coefficient (Wildman–Crippen LogP) is 1.80. The third-order valence-corrected chi connectivity index (χ3v) is 2.28. The molecule has 2 N–H and O–H groups in total. The van der Waals surface area contributed by atoms with Crippen LogP contribution in [0, 0.1) is 0 Å². The number of aryl methyl sites for hydroxylation is 1. The molecule has 15 heavy (non-hydrogen) atoms. The first-order valence-corrected chi connectivity index (χ1v) is 5.24. The van der Waals surface area contributed by atoms with Crippen molar-refractivity contribution in [3.05, 3.63) is 29.8 Å². The van der Waals surface area contributed by atoms with E-state index in [9.17, 15) is 4.79 Å². The van der Waals surface area contributed by atoms with Crippen molar-refractivity contribution in [1.82, 2.24) is 5.32 Å². The van der Waals surface area contributed by atoms with Gasteiger partial charge in [-0.05, 0) is 24.5 Å². The molecule has 0 aliphatic heterocycles. The molecule has 3 nitrogen and oxygen atoms in total. The maximum Gasteiger partial charge on any atom is 0.216 e. The Balaban J connectivity index is 2.39. The van der Waals surface area contributed by atoms with E-state index >= 15 is 0 Å². The normalized spacial score (nSPS) is 9.73. The van der Waals surface area contributed by atoms with Gasteiger partial charge in [-0.25, -0.2) is 0 Å². The number of anilines is 1. The second-order valence-electron chi connectivity index (χ2n) is 3.49. The van der Waals surface area contributed by atoms with Gasteiger partial charge in [0.25, 0.3) is 0 Å². The fourth-order valence-electron chi connectivity index (χ4n) is 1.53. The van der Waals surface area contributed by atoms with Crippen molar-refractivity contribution in [2.45, 2.75) is 19.8 Å². The quantitative estimate of drug-likeness (QED) is 0.721. The number of carbonyl (C=O) groups is 1. The Hall–Kier alpha value is -1.51. The van der Waals surface area contributed by atoms with Crippen LogP contribution in [0.5, 0.6) is 0 Å². The predicted molar refractivity (Wildman–Crippen MR) is 63.0 cm³/mol. The van der Waals surface area contributed by atoms with Crippen molar-refractivity contribution in [3.8, 4) is 0 Å². The number of rotatable bonds is 5. The highest BCUT2D eigenvalue weighted by atomic mass is 16.1. The summed E-state index contributed by atoms with van der Waals surface area (Å²) in [6.07, 6.45) is 1.95. The van der Waals surface area contributed by atoms with Gasteiger partial charge in [-0.15, -0.1) is 0 Å². The molecule has 0 saturated carbocycles. The number of benzene rings is 1. The monoisotopic (exact) mass is 206 g/mol. The van der Waals surface area contributed by atoms with E-state index < -0.39 is 0 Å². The van der Waals surface area contributed by atoms with Gasteiger partial charge in [0.1, 0.15) is 0 Å². The minimum absolute atomic E-state index is 0.0388. The lowest BCUT2D eigenvalue weighted by Gasteiger charge is -2.08. The molecule has 0 fully saturated rings. The highest BCUT2D eigenvalue weighted by Gasteiger charge is 1.99. The zero-order valence-corrected chi connectivity index (χ0v) is 9.34. The van der Waals surface area contributed by atoms with Crippen LogP contribution in [0.4, 0.5) is 5.69 Å². The Morgan fingerprint density at radius 1 is 1.33 bits per heavy atom. The number of hydrogen-bond acceptors (Lipinski definition) is 2. The van der Waals surface area contributed by atoms with Crippen molar-refractivity contribution in [2.24, 2.45) is 0 Å². The van der Waals surface area contributed by atoms with Crippen LogP contribution in [0.2, 0.25) is 0 Å². The molecule has 1 aromatic rings. The Bertz CT molecular complexity index is 323. The van der Waals surface area contributed by atoms with E-state index in [0.717, 1.165) is 19.4 Å². The van der Waals surface area contributed by atoms with Crippen molar-refractivity contribution in [2.75, 3.05) is 18.9 Å². The van der Waals surface area contributed by atoms with Crippen LogP contribution in [0.15, 0.2) is 24.3 Å². The van der Waals surface area contributed by atoms with E-state index in [1.54, 1.807) is 6.92 Å². The molecule has 0 aliphatic carbocycles. The maximum atomic E-state index is 10.7. The topological polar surface area (TPSA) is 41.1 Å². The Morgan fingerprint density at radius 3 is 2.73 bits per heavy atom. The summed E-state index contributed by atoms with van der Waals surface area (Å²) >= 11 is 0. The number of nitrogens with one attached hydrogen (secondary N) is 2. The number of para-hydroxylation sites is 1. The van der Waals surface area contributed by atoms with Gasteiger partial charge in [-0.2, -0.15) is 0 Å². The fraction of sp³-hybridized carbons (Fsp3) is 0.417. The average Bonchev–Trinajstić information content (AvgIpc) is 2.24. The molecule has 0 saturated heterocycles. The molecule has 0 aromatic heterocycles. The molecule has 0 heterocycles. The molecule has 82 valence electrons. The summed E-state index contributed by atoms with van der Waals surface area (Å²) < 4.78 is 0. The van der Waals surface area contributed by atoms with Crippen molar-refractivity contribution >= 4 is 11.6 Å². The van der Waals surface area contributed by atoms with E-state index in [2.05, 4.69) is 22.8 Å². The van der Waals surface area contributed by atoms with Gasteiger partial charge >= 0.3 is 0 Å². The summed E-state index contributed by atoms with van der Waals surface area (Å²) in [7, 11) is 1.92. The van der Waals surface area contributed by atoms with Crippen LogP contribution < -0.4 is 10.6 Å². The van der Waals surface area contributed by atoms with Gasteiger partial charge < -0.3 is 10.6 Å². The van der Waals surface area contributed by atoms with Crippen LogP contribution in [-0.4, -0.2) is 19.5 Å². The second kappa shape index (κ2) is 6.06. The van der Waals surface area contributed by atoms with Gasteiger partial charge in [0.15, 0.2) is 0 Å². The summed E-state index contributed by atoms with van der Waals surface area (Å²) in [6.45, 7) is 2.29. The molecule has 0 aliphatic rings. The number of carbonyl (C=O) groups excluding carboxylic acids is 1. The smallest absolute Gasteiger partial charge is 0.216 e. The molecular weight excluding hydrogens is 188 g/mol. The molecule has 0 atom stereocenters. The first-order chi connectivity index (χ1) is 7.24. The number of amides is 1. The lowest BCUT2D eigenvalue weighted by Crippen LogP contribution is -2.21. The van der Waals surface area contributed by atoms with Crippen LogP contribution in [0.25, 0.3) is 0 Å². The zero-order valence-electron chi connectivity index (χ0n) is 9.34. The maximum absolute atomic E-state index is 10.7. The second-order valence-corrected chi connectivity index (χ2v) is 3.49. The standard InChI is InChI=1S/C12H18N2O/c1-10(15)14-9-5-7-11-6-3-4-8-12(11)13-2/h3-4,6,8,13H,5,7,9H2,1-2H3,(H,14,15). The first kappa shape index (κ1) is 11.6. The molecule has 1 rings (SSSR count). The molecule has 1 aromatic carbocycles. The Morgan fingerprint density at radius 2 is 2.07 bits per heavy atom. The largest absolute Gasteiger partial charge is 0.388 e. The summed E-state index contributed by atoms with van der Waals surface area (Å²) in [5, 5.41) is 5.95. The lowest BCUT2D eigenvalue weighted by atomic mass is 10.1. The van der Waals surface area contributed by atoms with E-state index in [1.807, 2.05) is 19.2 Å². The fourth-order valence-corrected chi connectivity index (χ4v) is 1.53. The van der Waals surface area contributed by atoms with Crippen LogP contribution in [0.3, 0.4) is 0 Å². The number of hydrogen-bond donors (Lipinski definition) is 2. The van der Waals surface area contributed by atoms with Crippen molar-refractivity contribution in [1.29, 1.82) is 0 Å². The molecule has 0 unspecified atom stereocenters. The third kappa shape index (κ3) is 4.02. The van der Waals surface area contributed by atoms with Crippen LogP contribution in [0.1, 0.15) is 18.9 Å². The highest BCUT2D eigenvalue weighted by Crippen LogP contribution is 2.15. The Kier molecular flexibility index (Phi) is 4.68. The minimum Gasteiger partial charge on any atom is -0.388 e. The molecule has 0 bridgehead atoms. The molecule has 1 amide bonds. The summed E-state index contributed by atoms with van der Waals surface area (Å²) in [5.74, 6) is 0.0388. The van der Waals surface area contributed by atoms with Gasteiger partial charge in [-0.3, -0.25) is 4.79 Å². The van der Waals surface area contributed by atoms with E-state index in [-0.39, 0.29) is 5.91 Å². The van der Waals surface area contributed by atoms with Crippen LogP contribution >= 0.6 is 0 Å². The van der Waals surface area contributed by atoms with Gasteiger partial charge in [0, 0.05) is 26.2 Å². The summed E-state index contributed by atoms with van der Waals surface area (Å²) in [5.41, 5.74) is 2.46. The average molecular weight is 206 g/mol. The summed E-state index contributed by atoms with van der Waals surface area (Å²) in [6, 6.07) is 8.23. The minimum atomic E-state index is 0.0388. The van der Waals surface area contributed by atoms with Crippen LogP contribution in [-0.2, 0) is 11.2 Å². The highest BCUT2D eigenvalue weighted by molar-refractivity contribution is 5.72.